The average Bonchev–Trinajstić information content (AvgIpc) is 3.18. The Hall–Kier alpha value is -2.40. The van der Waals surface area contributed by atoms with Crippen LogP contribution in [0.15, 0.2) is 55.0 Å². The van der Waals surface area contributed by atoms with Crippen LogP contribution in [0.3, 0.4) is 0 Å². The first-order chi connectivity index (χ1) is 11.3. The molecule has 0 spiro atoms. The molecule has 1 saturated carbocycles. The van der Waals surface area contributed by atoms with Gasteiger partial charge in [-0.15, -0.1) is 0 Å². The van der Waals surface area contributed by atoms with Crippen LogP contribution in [0.4, 0.5) is 5.69 Å². The summed E-state index contributed by atoms with van der Waals surface area (Å²) in [5.74, 6) is 0.440. The zero-order chi connectivity index (χ0) is 15.6. The Kier molecular flexibility index (Phi) is 3.71. The van der Waals surface area contributed by atoms with E-state index in [1.807, 2.05) is 47.4 Å². The lowest BCUT2D eigenvalue weighted by Crippen LogP contribution is -2.28. The second kappa shape index (κ2) is 6.01. The third kappa shape index (κ3) is 2.92. The molecule has 0 amide bonds. The molecule has 23 heavy (non-hydrogen) atoms. The Labute approximate surface area is 135 Å². The van der Waals surface area contributed by atoms with Crippen LogP contribution in [0.2, 0.25) is 0 Å². The van der Waals surface area contributed by atoms with Crippen molar-refractivity contribution in [2.45, 2.75) is 31.5 Å². The molecule has 5 nitrogen and oxygen atoms in total. The standard InChI is InChI=1S/C18H20N4O/c23-18-11-13(12-22-9-3-7-20-22)10-17(18)21-16-6-8-19-15-5-2-1-4-14(15)16/h1-9,13,17-18,23H,10-12H2,(H,19,21)/t13?,17-,18-/m1/s1. The van der Waals surface area contributed by atoms with E-state index in [9.17, 15) is 5.11 Å². The monoisotopic (exact) mass is 308 g/mol. The van der Waals surface area contributed by atoms with Crippen molar-refractivity contribution in [2.24, 2.45) is 5.92 Å². The molecule has 5 heteroatoms. The Bertz CT molecular complexity index is 781. The molecule has 0 saturated heterocycles. The summed E-state index contributed by atoms with van der Waals surface area (Å²) in [5, 5.41) is 19.3. The molecule has 3 aromatic rings. The maximum absolute atomic E-state index is 10.4. The van der Waals surface area contributed by atoms with Crippen molar-refractivity contribution in [3.05, 3.63) is 55.0 Å². The van der Waals surface area contributed by atoms with E-state index in [1.54, 1.807) is 6.20 Å². The molecule has 2 aromatic heterocycles. The van der Waals surface area contributed by atoms with Gasteiger partial charge in [0.1, 0.15) is 0 Å². The fourth-order valence-corrected chi connectivity index (χ4v) is 3.52. The zero-order valence-corrected chi connectivity index (χ0v) is 12.8. The minimum atomic E-state index is -0.331. The van der Waals surface area contributed by atoms with Crippen LogP contribution in [-0.4, -0.2) is 32.0 Å². The number of hydrogen-bond acceptors (Lipinski definition) is 4. The number of aliphatic hydroxyl groups excluding tert-OH is 1. The predicted octanol–water partition coefficient (Wildman–Crippen LogP) is 2.68. The third-order valence-electron chi connectivity index (χ3n) is 4.62. The maximum atomic E-state index is 10.4. The van der Waals surface area contributed by atoms with Crippen LogP contribution in [-0.2, 0) is 6.54 Å². The van der Waals surface area contributed by atoms with Gasteiger partial charge in [0.05, 0.1) is 17.7 Å². The van der Waals surface area contributed by atoms with Gasteiger partial charge in [-0.25, -0.2) is 0 Å². The number of aromatic nitrogens is 3. The van der Waals surface area contributed by atoms with Gasteiger partial charge < -0.3 is 10.4 Å². The molecule has 4 rings (SSSR count). The van der Waals surface area contributed by atoms with Crippen molar-refractivity contribution in [3.8, 4) is 0 Å². The van der Waals surface area contributed by atoms with Crippen LogP contribution >= 0.6 is 0 Å². The summed E-state index contributed by atoms with van der Waals surface area (Å²) >= 11 is 0. The molecule has 2 N–H and O–H groups in total. The maximum Gasteiger partial charge on any atom is 0.0744 e. The molecule has 1 fully saturated rings. The van der Waals surface area contributed by atoms with Crippen molar-refractivity contribution in [1.82, 2.24) is 14.8 Å². The van der Waals surface area contributed by atoms with Crippen LogP contribution < -0.4 is 5.32 Å². The molecular formula is C18H20N4O. The van der Waals surface area contributed by atoms with Crippen molar-refractivity contribution in [1.29, 1.82) is 0 Å². The number of hydrogen-bond donors (Lipinski definition) is 2. The van der Waals surface area contributed by atoms with Gasteiger partial charge in [0.25, 0.3) is 0 Å². The normalized spacial score (nSPS) is 24.1. The number of aliphatic hydroxyl groups is 1. The van der Waals surface area contributed by atoms with Gasteiger partial charge in [-0.05, 0) is 37.0 Å². The number of nitrogens with one attached hydrogen (secondary N) is 1. The smallest absolute Gasteiger partial charge is 0.0744 e. The molecule has 0 aliphatic heterocycles. The fourth-order valence-electron chi connectivity index (χ4n) is 3.52. The largest absolute Gasteiger partial charge is 0.391 e. The zero-order valence-electron chi connectivity index (χ0n) is 12.8. The molecule has 0 bridgehead atoms. The molecule has 118 valence electrons. The Morgan fingerprint density at radius 2 is 2.04 bits per heavy atom. The van der Waals surface area contributed by atoms with E-state index in [0.29, 0.717) is 5.92 Å². The van der Waals surface area contributed by atoms with E-state index in [0.717, 1.165) is 36.0 Å². The average molecular weight is 308 g/mol. The molecule has 1 aliphatic rings. The SMILES string of the molecule is O[C@@H]1CC(Cn2cccn2)C[C@H]1Nc1ccnc2ccccc12. The number of nitrogens with zero attached hydrogens (tertiary/aromatic N) is 3. The highest BCUT2D eigenvalue weighted by molar-refractivity contribution is 5.91. The molecule has 1 aliphatic carbocycles. The number of benzene rings is 1. The minimum Gasteiger partial charge on any atom is -0.391 e. The van der Waals surface area contributed by atoms with E-state index < -0.39 is 0 Å². The first kappa shape index (κ1) is 14.2. The molecule has 3 atom stereocenters. The summed E-state index contributed by atoms with van der Waals surface area (Å²) in [6, 6.07) is 12.1. The third-order valence-corrected chi connectivity index (χ3v) is 4.62. The van der Waals surface area contributed by atoms with E-state index in [1.165, 1.54) is 0 Å². The van der Waals surface area contributed by atoms with E-state index >= 15 is 0 Å². The molecular weight excluding hydrogens is 288 g/mol. The number of pyridine rings is 1. The van der Waals surface area contributed by atoms with Gasteiger partial charge in [-0.1, -0.05) is 18.2 Å². The van der Waals surface area contributed by atoms with Gasteiger partial charge in [0.15, 0.2) is 0 Å². The Morgan fingerprint density at radius 3 is 2.91 bits per heavy atom. The second-order valence-corrected chi connectivity index (χ2v) is 6.26. The fraction of sp³-hybridized carbons (Fsp3) is 0.333. The predicted molar refractivity (Wildman–Crippen MR) is 90.1 cm³/mol. The quantitative estimate of drug-likeness (QED) is 0.778. The van der Waals surface area contributed by atoms with Gasteiger partial charge in [-0.3, -0.25) is 9.67 Å². The lowest BCUT2D eigenvalue weighted by Gasteiger charge is -2.19. The summed E-state index contributed by atoms with van der Waals surface area (Å²) in [4.78, 5) is 4.39. The summed E-state index contributed by atoms with van der Waals surface area (Å²) in [6.45, 7) is 0.860. The summed E-state index contributed by atoms with van der Waals surface area (Å²) < 4.78 is 1.95. The lowest BCUT2D eigenvalue weighted by molar-refractivity contribution is 0.166. The van der Waals surface area contributed by atoms with Gasteiger partial charge >= 0.3 is 0 Å². The highest BCUT2D eigenvalue weighted by Gasteiger charge is 2.33. The van der Waals surface area contributed by atoms with Crippen LogP contribution in [0.5, 0.6) is 0 Å². The Morgan fingerprint density at radius 1 is 1.13 bits per heavy atom. The summed E-state index contributed by atoms with van der Waals surface area (Å²) in [7, 11) is 0. The van der Waals surface area contributed by atoms with E-state index in [-0.39, 0.29) is 12.1 Å². The number of para-hydroxylation sites is 1. The van der Waals surface area contributed by atoms with Gasteiger partial charge in [0, 0.05) is 36.2 Å². The van der Waals surface area contributed by atoms with E-state index in [4.69, 9.17) is 0 Å². The van der Waals surface area contributed by atoms with Crippen molar-refractivity contribution in [2.75, 3.05) is 5.32 Å². The number of fused-ring (bicyclic) bond motifs is 1. The highest BCUT2D eigenvalue weighted by atomic mass is 16.3. The Balaban J connectivity index is 1.50. The van der Waals surface area contributed by atoms with Crippen LogP contribution in [0, 0.1) is 5.92 Å². The first-order valence-electron chi connectivity index (χ1n) is 8.05. The second-order valence-electron chi connectivity index (χ2n) is 6.26. The molecule has 1 unspecified atom stereocenters. The summed E-state index contributed by atoms with van der Waals surface area (Å²) in [6.07, 6.45) is 7.00. The van der Waals surface area contributed by atoms with Crippen LogP contribution in [0.1, 0.15) is 12.8 Å². The summed E-state index contributed by atoms with van der Waals surface area (Å²) in [5.41, 5.74) is 2.01. The topological polar surface area (TPSA) is 63.0 Å². The van der Waals surface area contributed by atoms with Gasteiger partial charge in [-0.2, -0.15) is 5.10 Å². The van der Waals surface area contributed by atoms with Crippen molar-refractivity contribution < 1.29 is 5.11 Å². The molecule has 1 aromatic carbocycles. The van der Waals surface area contributed by atoms with Crippen molar-refractivity contribution in [3.63, 3.8) is 0 Å². The lowest BCUT2D eigenvalue weighted by atomic mass is 10.1. The van der Waals surface area contributed by atoms with Gasteiger partial charge in [0.2, 0.25) is 0 Å². The minimum absolute atomic E-state index is 0.0707. The molecule has 2 heterocycles. The number of rotatable bonds is 4. The van der Waals surface area contributed by atoms with Crippen LogP contribution in [0.25, 0.3) is 10.9 Å². The molecule has 0 radical (unpaired) electrons. The first-order valence-corrected chi connectivity index (χ1v) is 8.05. The highest BCUT2D eigenvalue weighted by Crippen LogP contribution is 2.31. The van der Waals surface area contributed by atoms with Crippen molar-refractivity contribution >= 4 is 16.6 Å². The number of anilines is 1. The van der Waals surface area contributed by atoms with E-state index in [2.05, 4.69) is 21.5 Å².